The summed E-state index contributed by atoms with van der Waals surface area (Å²) in [7, 11) is 0. The minimum atomic E-state index is -1.24. The first-order valence-electron chi connectivity index (χ1n) is 10.8. The highest BCUT2D eigenvalue weighted by Crippen LogP contribution is 2.33. The lowest BCUT2D eigenvalue weighted by Crippen LogP contribution is -2.57. The fourth-order valence-electron chi connectivity index (χ4n) is 4.00. The molecule has 0 unspecified atom stereocenters. The number of carbonyl (C=O) groups is 3. The molecule has 0 aliphatic rings. The normalized spacial score (nSPS) is 12.2. The van der Waals surface area contributed by atoms with E-state index in [2.05, 4.69) is 0 Å². The Morgan fingerprint density at radius 2 is 1.68 bits per heavy atom. The molecule has 178 valence electrons. The number of amides is 2. The highest BCUT2D eigenvalue weighted by Gasteiger charge is 2.41. The molecule has 0 aliphatic carbocycles. The van der Waals surface area contributed by atoms with Crippen molar-refractivity contribution in [2.45, 2.75) is 44.7 Å². The number of carbonyl (C=O) groups excluding carboxylic acids is 2. The Morgan fingerprint density at radius 1 is 1.03 bits per heavy atom. The predicted molar refractivity (Wildman–Crippen MR) is 130 cm³/mol. The first-order valence-corrected chi connectivity index (χ1v) is 11.6. The molecule has 0 aliphatic heterocycles. The fraction of sp³-hybridized carbons (Fsp3) is 0.269. The van der Waals surface area contributed by atoms with E-state index in [1.54, 1.807) is 24.3 Å². The summed E-state index contributed by atoms with van der Waals surface area (Å²) in [5.74, 6) is -2.64. The van der Waals surface area contributed by atoms with E-state index in [1.165, 1.54) is 28.4 Å². The van der Waals surface area contributed by atoms with Crippen molar-refractivity contribution in [3.05, 3.63) is 83.0 Å². The highest BCUT2D eigenvalue weighted by atomic mass is 32.1. The molecule has 0 radical (unpaired) electrons. The Hall–Kier alpha value is -3.52. The molecule has 3 rings (SSSR count). The van der Waals surface area contributed by atoms with Crippen LogP contribution < -0.4 is 5.73 Å². The first kappa shape index (κ1) is 25.1. The van der Waals surface area contributed by atoms with E-state index in [1.807, 2.05) is 44.2 Å². The number of benzene rings is 2. The third-order valence-electron chi connectivity index (χ3n) is 5.56. The number of aliphatic carboxylic acids is 1. The molecule has 1 atom stereocenters. The largest absolute Gasteiger partial charge is 0.480 e. The highest BCUT2D eigenvalue weighted by molar-refractivity contribution is 7.17. The van der Waals surface area contributed by atoms with Crippen LogP contribution in [0.5, 0.6) is 0 Å². The van der Waals surface area contributed by atoms with Gasteiger partial charge >= 0.3 is 5.97 Å². The Labute approximate surface area is 201 Å². The zero-order valence-corrected chi connectivity index (χ0v) is 19.8. The van der Waals surface area contributed by atoms with Gasteiger partial charge in [-0.3, -0.25) is 9.59 Å². The maximum Gasteiger partial charge on any atom is 0.326 e. The third kappa shape index (κ3) is 6.08. The standard InChI is InChI=1S/C26H27FN2O4S/c1-26(2,16-17-6-4-3-5-7-17)29(20(25(32)33)12-15-23(28)30)24(31)22-14-13-21(34-22)18-8-10-19(27)11-9-18/h3-11,13-14,20H,12,15-16H2,1-2H3,(H2,28,30)(H,32,33)/t20-/m0/s1. The van der Waals surface area contributed by atoms with Crippen LogP contribution in [0.1, 0.15) is 41.9 Å². The number of primary amides is 1. The summed E-state index contributed by atoms with van der Waals surface area (Å²) in [6.07, 6.45) is 0.161. The third-order valence-corrected chi connectivity index (χ3v) is 6.68. The van der Waals surface area contributed by atoms with Gasteiger partial charge in [-0.1, -0.05) is 42.5 Å². The lowest BCUT2D eigenvalue weighted by atomic mass is 9.90. The molecule has 8 heteroatoms. The number of hydrogen-bond acceptors (Lipinski definition) is 4. The Morgan fingerprint density at radius 3 is 2.26 bits per heavy atom. The fourth-order valence-corrected chi connectivity index (χ4v) is 4.95. The monoisotopic (exact) mass is 482 g/mol. The summed E-state index contributed by atoms with van der Waals surface area (Å²) in [5, 5.41) is 10.0. The van der Waals surface area contributed by atoms with E-state index in [9.17, 15) is 23.9 Å². The molecule has 2 amide bonds. The van der Waals surface area contributed by atoms with Gasteiger partial charge in [-0.25, -0.2) is 9.18 Å². The van der Waals surface area contributed by atoms with Crippen LogP contribution in [-0.2, 0) is 16.0 Å². The van der Waals surface area contributed by atoms with Gasteiger partial charge in [-0.05, 0) is 62.1 Å². The summed E-state index contributed by atoms with van der Waals surface area (Å²) in [6, 6.07) is 17.6. The summed E-state index contributed by atoms with van der Waals surface area (Å²) in [6.45, 7) is 3.62. The number of halogens is 1. The van der Waals surface area contributed by atoms with Crippen molar-refractivity contribution in [1.82, 2.24) is 4.90 Å². The molecule has 0 bridgehead atoms. The van der Waals surface area contributed by atoms with Gasteiger partial charge in [0.25, 0.3) is 5.91 Å². The van der Waals surface area contributed by atoms with Gasteiger partial charge in [-0.15, -0.1) is 11.3 Å². The van der Waals surface area contributed by atoms with Crippen molar-refractivity contribution in [2.24, 2.45) is 5.73 Å². The van der Waals surface area contributed by atoms with E-state index in [-0.39, 0.29) is 18.7 Å². The predicted octanol–water partition coefficient (Wildman–Crippen LogP) is 4.74. The van der Waals surface area contributed by atoms with E-state index < -0.39 is 29.4 Å². The average molecular weight is 483 g/mol. The Kier molecular flexibility index (Phi) is 7.83. The Balaban J connectivity index is 1.99. The number of nitrogens with zero attached hydrogens (tertiary/aromatic N) is 1. The number of carboxylic acid groups (broad SMARTS) is 1. The maximum absolute atomic E-state index is 13.8. The van der Waals surface area contributed by atoms with Crippen molar-refractivity contribution in [2.75, 3.05) is 0 Å². The van der Waals surface area contributed by atoms with Gasteiger partial charge in [-0.2, -0.15) is 0 Å². The zero-order valence-electron chi connectivity index (χ0n) is 19.0. The zero-order chi connectivity index (χ0) is 24.9. The molecular formula is C26H27FN2O4S. The number of thiophene rings is 1. The lowest BCUT2D eigenvalue weighted by Gasteiger charge is -2.42. The summed E-state index contributed by atoms with van der Waals surface area (Å²) < 4.78 is 13.3. The summed E-state index contributed by atoms with van der Waals surface area (Å²) in [4.78, 5) is 39.9. The SMILES string of the molecule is CC(C)(Cc1ccccc1)N(C(=O)c1ccc(-c2ccc(F)cc2)s1)[C@@H](CCC(N)=O)C(=O)O. The van der Waals surface area contributed by atoms with Crippen LogP contribution in [-0.4, -0.2) is 39.4 Å². The maximum atomic E-state index is 13.8. The number of hydrogen-bond donors (Lipinski definition) is 2. The van der Waals surface area contributed by atoms with E-state index >= 15 is 0 Å². The quantitative estimate of drug-likeness (QED) is 0.436. The lowest BCUT2D eigenvalue weighted by molar-refractivity contribution is -0.144. The average Bonchev–Trinajstić information content (AvgIpc) is 3.27. The molecule has 2 aromatic carbocycles. The number of carboxylic acids is 1. The minimum Gasteiger partial charge on any atom is -0.480 e. The molecule has 1 aromatic heterocycles. The van der Waals surface area contributed by atoms with Crippen molar-refractivity contribution >= 4 is 29.1 Å². The van der Waals surface area contributed by atoms with Crippen LogP contribution in [0.2, 0.25) is 0 Å². The van der Waals surface area contributed by atoms with Crippen LogP contribution in [0.15, 0.2) is 66.7 Å². The van der Waals surface area contributed by atoms with Crippen LogP contribution in [0.4, 0.5) is 4.39 Å². The summed E-state index contributed by atoms with van der Waals surface area (Å²) in [5.41, 5.74) is 6.09. The molecule has 0 fully saturated rings. The molecule has 0 saturated heterocycles. The van der Waals surface area contributed by atoms with Crippen molar-refractivity contribution in [3.8, 4) is 10.4 Å². The molecule has 0 saturated carbocycles. The second kappa shape index (κ2) is 10.6. The smallest absolute Gasteiger partial charge is 0.326 e. The van der Waals surface area contributed by atoms with Gasteiger partial charge in [0.05, 0.1) is 4.88 Å². The molecule has 3 N–H and O–H groups in total. The molecule has 6 nitrogen and oxygen atoms in total. The minimum absolute atomic E-state index is 0.0924. The van der Waals surface area contributed by atoms with E-state index in [0.29, 0.717) is 11.3 Å². The first-order chi connectivity index (χ1) is 16.1. The molecule has 3 aromatic rings. The van der Waals surface area contributed by atoms with Gasteiger partial charge in [0, 0.05) is 16.8 Å². The van der Waals surface area contributed by atoms with Gasteiger partial charge in [0.15, 0.2) is 0 Å². The van der Waals surface area contributed by atoms with E-state index in [0.717, 1.165) is 16.0 Å². The van der Waals surface area contributed by atoms with Crippen molar-refractivity contribution in [1.29, 1.82) is 0 Å². The number of rotatable bonds is 10. The molecule has 1 heterocycles. The van der Waals surface area contributed by atoms with Crippen LogP contribution in [0, 0.1) is 5.82 Å². The second-order valence-electron chi connectivity index (χ2n) is 8.68. The van der Waals surface area contributed by atoms with Crippen molar-refractivity contribution in [3.63, 3.8) is 0 Å². The number of nitrogens with two attached hydrogens (primary N) is 1. The van der Waals surface area contributed by atoms with Crippen LogP contribution in [0.3, 0.4) is 0 Å². The summed E-state index contributed by atoms with van der Waals surface area (Å²) >= 11 is 1.21. The van der Waals surface area contributed by atoms with E-state index in [4.69, 9.17) is 5.73 Å². The van der Waals surface area contributed by atoms with Crippen molar-refractivity contribution < 1.29 is 23.9 Å². The van der Waals surface area contributed by atoms with Gasteiger partial charge < -0.3 is 15.7 Å². The molecule has 34 heavy (non-hydrogen) atoms. The molecular weight excluding hydrogens is 455 g/mol. The van der Waals surface area contributed by atoms with Gasteiger partial charge in [0.2, 0.25) is 5.91 Å². The topological polar surface area (TPSA) is 101 Å². The second-order valence-corrected chi connectivity index (χ2v) is 9.76. The molecule has 0 spiro atoms. The van der Waals surface area contributed by atoms with Gasteiger partial charge in [0.1, 0.15) is 11.9 Å². The Bertz CT molecular complexity index is 1160. The van der Waals surface area contributed by atoms with Crippen LogP contribution >= 0.6 is 11.3 Å². The van der Waals surface area contributed by atoms with Crippen LogP contribution in [0.25, 0.3) is 10.4 Å².